The number of carbonyl (C=O) groups excluding carboxylic acids is 3. The number of hydrogen-bond acceptors (Lipinski definition) is 4. The molecule has 0 aliphatic heterocycles. The first-order valence-electron chi connectivity index (χ1n) is 4.52. The standard InChI is InChI=1S/C10H15NO4/c1-7(2)10(14)11-4-5-15-9(13)6-8(3)12/h1,4-6H2,2-3H3,(H,11,14). The molecule has 0 unspecified atom stereocenters. The summed E-state index contributed by atoms with van der Waals surface area (Å²) >= 11 is 0. The lowest BCUT2D eigenvalue weighted by atomic mass is 10.3. The normalized spacial score (nSPS) is 9.20. The molecule has 0 spiro atoms. The van der Waals surface area contributed by atoms with Gasteiger partial charge in [-0.3, -0.25) is 14.4 Å². The van der Waals surface area contributed by atoms with Crippen molar-refractivity contribution in [2.75, 3.05) is 13.2 Å². The van der Waals surface area contributed by atoms with E-state index < -0.39 is 5.97 Å². The Morgan fingerprint density at radius 1 is 1.27 bits per heavy atom. The van der Waals surface area contributed by atoms with Gasteiger partial charge in [0.1, 0.15) is 18.8 Å². The van der Waals surface area contributed by atoms with Crippen LogP contribution in [0, 0.1) is 0 Å². The van der Waals surface area contributed by atoms with Crippen molar-refractivity contribution in [3.63, 3.8) is 0 Å². The van der Waals surface area contributed by atoms with Crippen LogP contribution < -0.4 is 5.32 Å². The molecule has 0 aromatic heterocycles. The molecule has 5 nitrogen and oxygen atoms in total. The van der Waals surface area contributed by atoms with Crippen LogP contribution in [-0.2, 0) is 19.1 Å². The predicted molar refractivity (Wildman–Crippen MR) is 54.1 cm³/mol. The van der Waals surface area contributed by atoms with Gasteiger partial charge in [-0.1, -0.05) is 6.58 Å². The van der Waals surface area contributed by atoms with E-state index in [4.69, 9.17) is 0 Å². The molecule has 0 rings (SSSR count). The Morgan fingerprint density at radius 3 is 2.33 bits per heavy atom. The van der Waals surface area contributed by atoms with Crippen molar-refractivity contribution in [3.05, 3.63) is 12.2 Å². The second-order valence-electron chi connectivity index (χ2n) is 3.14. The van der Waals surface area contributed by atoms with Gasteiger partial charge in [-0.15, -0.1) is 0 Å². The molecule has 0 atom stereocenters. The minimum Gasteiger partial charge on any atom is -0.463 e. The first kappa shape index (κ1) is 13.4. The SMILES string of the molecule is C=C(C)C(=O)NCCOC(=O)CC(C)=O. The van der Waals surface area contributed by atoms with Crippen molar-refractivity contribution in [1.29, 1.82) is 0 Å². The lowest BCUT2D eigenvalue weighted by Gasteiger charge is -2.05. The number of amides is 1. The summed E-state index contributed by atoms with van der Waals surface area (Å²) in [5, 5.41) is 2.49. The molecule has 0 aromatic carbocycles. The van der Waals surface area contributed by atoms with Crippen molar-refractivity contribution >= 4 is 17.7 Å². The summed E-state index contributed by atoms with van der Waals surface area (Å²) in [6, 6.07) is 0. The highest BCUT2D eigenvalue weighted by Crippen LogP contribution is 1.88. The lowest BCUT2D eigenvalue weighted by molar-refractivity contribution is -0.145. The van der Waals surface area contributed by atoms with Crippen LogP contribution in [-0.4, -0.2) is 30.8 Å². The van der Waals surface area contributed by atoms with Gasteiger partial charge in [0.15, 0.2) is 0 Å². The Hall–Kier alpha value is -1.65. The van der Waals surface area contributed by atoms with Crippen molar-refractivity contribution in [2.45, 2.75) is 20.3 Å². The van der Waals surface area contributed by atoms with Gasteiger partial charge in [0.05, 0.1) is 6.54 Å². The molecule has 0 bridgehead atoms. The predicted octanol–water partition coefficient (Wildman–Crippen LogP) is 0.201. The van der Waals surface area contributed by atoms with E-state index in [2.05, 4.69) is 16.6 Å². The molecule has 0 aliphatic carbocycles. The maximum atomic E-state index is 11.0. The van der Waals surface area contributed by atoms with Crippen LogP contribution in [0.1, 0.15) is 20.3 Å². The fraction of sp³-hybridized carbons (Fsp3) is 0.500. The van der Waals surface area contributed by atoms with Crippen molar-refractivity contribution in [3.8, 4) is 0 Å². The number of nitrogens with one attached hydrogen (secondary N) is 1. The Bertz CT molecular complexity index is 283. The molecule has 0 heterocycles. The van der Waals surface area contributed by atoms with E-state index in [1.54, 1.807) is 6.92 Å². The summed E-state index contributed by atoms with van der Waals surface area (Å²) < 4.78 is 4.68. The van der Waals surface area contributed by atoms with Crippen LogP contribution >= 0.6 is 0 Å². The number of Topliss-reactive ketones (excluding diaryl/α,β-unsaturated/α-hetero) is 1. The fourth-order valence-corrected chi connectivity index (χ4v) is 0.735. The van der Waals surface area contributed by atoms with Crippen LogP contribution in [0.15, 0.2) is 12.2 Å². The third-order valence-corrected chi connectivity index (χ3v) is 1.43. The highest BCUT2D eigenvalue weighted by molar-refractivity contribution is 5.94. The van der Waals surface area contributed by atoms with E-state index >= 15 is 0 Å². The van der Waals surface area contributed by atoms with Gasteiger partial charge in [0.25, 0.3) is 0 Å². The molecule has 1 N–H and O–H groups in total. The van der Waals surface area contributed by atoms with Gasteiger partial charge in [0, 0.05) is 5.57 Å². The lowest BCUT2D eigenvalue weighted by Crippen LogP contribution is -2.28. The average Bonchev–Trinajstić information content (AvgIpc) is 2.10. The topological polar surface area (TPSA) is 72.5 Å². The van der Waals surface area contributed by atoms with Crippen LogP contribution in [0.3, 0.4) is 0 Å². The third-order valence-electron chi connectivity index (χ3n) is 1.43. The Morgan fingerprint density at radius 2 is 1.87 bits per heavy atom. The quantitative estimate of drug-likeness (QED) is 0.296. The van der Waals surface area contributed by atoms with E-state index in [0.717, 1.165) is 0 Å². The van der Waals surface area contributed by atoms with Gasteiger partial charge in [-0.2, -0.15) is 0 Å². The Labute approximate surface area is 88.5 Å². The highest BCUT2D eigenvalue weighted by Gasteiger charge is 2.06. The fourth-order valence-electron chi connectivity index (χ4n) is 0.735. The Balaban J connectivity index is 3.55. The van der Waals surface area contributed by atoms with Crippen LogP contribution in [0.5, 0.6) is 0 Å². The van der Waals surface area contributed by atoms with Crippen LogP contribution in [0.2, 0.25) is 0 Å². The minimum absolute atomic E-state index is 0.0606. The summed E-state index contributed by atoms with van der Waals surface area (Å²) in [4.78, 5) is 32.3. The summed E-state index contributed by atoms with van der Waals surface area (Å²) in [5.41, 5.74) is 0.394. The number of ether oxygens (including phenoxy) is 1. The number of rotatable bonds is 6. The molecule has 0 saturated heterocycles. The van der Waals surface area contributed by atoms with Gasteiger partial charge < -0.3 is 10.1 Å². The maximum absolute atomic E-state index is 11.0. The second-order valence-corrected chi connectivity index (χ2v) is 3.14. The molecule has 0 aliphatic rings. The van der Waals surface area contributed by atoms with Gasteiger partial charge in [-0.05, 0) is 13.8 Å². The molecule has 0 fully saturated rings. The number of carbonyl (C=O) groups is 3. The van der Waals surface area contributed by atoms with Crippen molar-refractivity contribution < 1.29 is 19.1 Å². The number of ketones is 1. The number of esters is 1. The first-order valence-corrected chi connectivity index (χ1v) is 4.52. The van der Waals surface area contributed by atoms with Gasteiger partial charge in [0.2, 0.25) is 5.91 Å². The van der Waals surface area contributed by atoms with Crippen molar-refractivity contribution in [1.82, 2.24) is 5.32 Å². The highest BCUT2D eigenvalue weighted by atomic mass is 16.5. The molecule has 0 aromatic rings. The van der Waals surface area contributed by atoms with E-state index in [0.29, 0.717) is 5.57 Å². The summed E-state index contributed by atoms with van der Waals surface area (Å²) in [6.45, 7) is 6.61. The van der Waals surface area contributed by atoms with Gasteiger partial charge in [-0.25, -0.2) is 0 Å². The first-order chi connectivity index (χ1) is 6.93. The largest absolute Gasteiger partial charge is 0.463 e. The molecular formula is C10H15NO4. The maximum Gasteiger partial charge on any atom is 0.313 e. The Kier molecular flexibility index (Phi) is 6.01. The molecule has 84 valence electrons. The molecule has 15 heavy (non-hydrogen) atoms. The molecule has 0 radical (unpaired) electrons. The van der Waals surface area contributed by atoms with Crippen LogP contribution in [0.25, 0.3) is 0 Å². The van der Waals surface area contributed by atoms with E-state index in [9.17, 15) is 14.4 Å². The summed E-state index contributed by atoms with van der Waals surface area (Å²) in [5.74, 6) is -1.10. The number of hydrogen-bond donors (Lipinski definition) is 1. The zero-order valence-corrected chi connectivity index (χ0v) is 8.96. The smallest absolute Gasteiger partial charge is 0.313 e. The van der Waals surface area contributed by atoms with Crippen molar-refractivity contribution in [2.24, 2.45) is 0 Å². The zero-order valence-electron chi connectivity index (χ0n) is 8.96. The second kappa shape index (κ2) is 6.75. The van der Waals surface area contributed by atoms with Gasteiger partial charge >= 0.3 is 5.97 Å². The monoisotopic (exact) mass is 213 g/mol. The molecule has 0 saturated carbocycles. The molecule has 1 amide bonds. The average molecular weight is 213 g/mol. The van der Waals surface area contributed by atoms with E-state index in [1.165, 1.54) is 6.92 Å². The third kappa shape index (κ3) is 7.42. The minimum atomic E-state index is -0.577. The summed E-state index contributed by atoms with van der Waals surface area (Å²) in [7, 11) is 0. The summed E-state index contributed by atoms with van der Waals surface area (Å²) in [6.07, 6.45) is -0.228. The van der Waals surface area contributed by atoms with Crippen LogP contribution in [0.4, 0.5) is 0 Å². The van der Waals surface area contributed by atoms with E-state index in [1.807, 2.05) is 0 Å². The molecule has 5 heteroatoms. The van der Waals surface area contributed by atoms with E-state index in [-0.39, 0.29) is 31.3 Å². The zero-order chi connectivity index (χ0) is 11.8. The molecular weight excluding hydrogens is 198 g/mol.